The summed E-state index contributed by atoms with van der Waals surface area (Å²) in [6.45, 7) is 0.255. The van der Waals surface area contributed by atoms with Gasteiger partial charge >= 0.3 is 0 Å². The van der Waals surface area contributed by atoms with Gasteiger partial charge in [-0.3, -0.25) is 4.90 Å². The van der Waals surface area contributed by atoms with E-state index >= 15 is 0 Å². The summed E-state index contributed by atoms with van der Waals surface area (Å²) in [5.41, 5.74) is 0. The van der Waals surface area contributed by atoms with Crippen LogP contribution in [0.25, 0.3) is 0 Å². The molecule has 0 bridgehead atoms. The van der Waals surface area contributed by atoms with Crippen molar-refractivity contribution in [1.29, 1.82) is 0 Å². The average molecular weight is 189 g/mol. The lowest BCUT2D eigenvalue weighted by atomic mass is 10.0. The minimum Gasteiger partial charge on any atom is -0.395 e. The number of nitrogens with zero attached hydrogens (tertiary/aromatic N) is 1. The summed E-state index contributed by atoms with van der Waals surface area (Å²) in [4.78, 5) is 1.79. The van der Waals surface area contributed by atoms with Crippen molar-refractivity contribution >= 4 is 0 Å². The van der Waals surface area contributed by atoms with Gasteiger partial charge < -0.3 is 20.4 Å². The van der Waals surface area contributed by atoms with Crippen LogP contribution in [-0.4, -0.2) is 68.9 Å². The fourth-order valence-electron chi connectivity index (χ4n) is 2.45. The van der Waals surface area contributed by atoms with Gasteiger partial charge in [-0.1, -0.05) is 0 Å². The third kappa shape index (κ3) is 1.28. The van der Waals surface area contributed by atoms with Gasteiger partial charge in [-0.05, 0) is 6.42 Å². The molecule has 76 valence electrons. The quantitative estimate of drug-likeness (QED) is 0.367. The van der Waals surface area contributed by atoms with Gasteiger partial charge in [0, 0.05) is 12.6 Å². The maximum atomic E-state index is 9.57. The van der Waals surface area contributed by atoms with Gasteiger partial charge in [-0.25, -0.2) is 0 Å². The van der Waals surface area contributed by atoms with E-state index in [1.807, 2.05) is 0 Å². The Kier molecular flexibility index (Phi) is 2.29. The molecule has 5 atom stereocenters. The molecule has 5 nitrogen and oxygen atoms in total. The van der Waals surface area contributed by atoms with E-state index in [0.717, 1.165) is 0 Å². The first-order valence-electron chi connectivity index (χ1n) is 4.56. The Hall–Kier alpha value is -0.200. The van der Waals surface area contributed by atoms with E-state index in [2.05, 4.69) is 0 Å². The van der Waals surface area contributed by atoms with E-state index < -0.39 is 24.4 Å². The third-order valence-electron chi connectivity index (χ3n) is 3.11. The van der Waals surface area contributed by atoms with Gasteiger partial charge in [-0.2, -0.15) is 0 Å². The summed E-state index contributed by atoms with van der Waals surface area (Å²) in [6.07, 6.45) is -1.69. The molecule has 2 aliphatic rings. The van der Waals surface area contributed by atoms with Gasteiger partial charge in [0.25, 0.3) is 0 Å². The van der Waals surface area contributed by atoms with E-state index in [4.69, 9.17) is 5.11 Å². The zero-order valence-corrected chi connectivity index (χ0v) is 7.24. The molecule has 2 rings (SSSR count). The lowest BCUT2D eigenvalue weighted by molar-refractivity contribution is 0.00859. The van der Waals surface area contributed by atoms with Crippen LogP contribution in [0.1, 0.15) is 6.42 Å². The zero-order chi connectivity index (χ0) is 9.59. The predicted molar refractivity (Wildman–Crippen MR) is 44.0 cm³/mol. The Labute approximate surface area is 76.2 Å². The topological polar surface area (TPSA) is 84.2 Å². The van der Waals surface area contributed by atoms with Crippen LogP contribution in [0, 0.1) is 0 Å². The normalized spacial score (nSPS) is 51.2. The third-order valence-corrected chi connectivity index (χ3v) is 3.11. The molecular weight excluding hydrogens is 174 g/mol. The smallest absolute Gasteiger partial charge is 0.0991 e. The first kappa shape index (κ1) is 9.36. The summed E-state index contributed by atoms with van der Waals surface area (Å²) in [7, 11) is 0. The van der Waals surface area contributed by atoms with E-state index in [0.29, 0.717) is 13.0 Å². The minimum atomic E-state index is -0.887. The fraction of sp³-hybridized carbons (Fsp3) is 1.00. The van der Waals surface area contributed by atoms with Gasteiger partial charge in [0.05, 0.1) is 31.0 Å². The Balaban J connectivity index is 2.15. The molecule has 5 unspecified atom stereocenters. The maximum absolute atomic E-state index is 9.57. The van der Waals surface area contributed by atoms with Crippen LogP contribution in [-0.2, 0) is 0 Å². The molecule has 0 aromatic heterocycles. The summed E-state index contributed by atoms with van der Waals surface area (Å²) >= 11 is 0. The van der Waals surface area contributed by atoms with Crippen LogP contribution in [0.4, 0.5) is 0 Å². The Morgan fingerprint density at radius 2 is 1.85 bits per heavy atom. The number of rotatable bonds is 1. The van der Waals surface area contributed by atoms with E-state index in [1.54, 1.807) is 4.90 Å². The Morgan fingerprint density at radius 1 is 1.15 bits per heavy atom. The van der Waals surface area contributed by atoms with E-state index in [1.165, 1.54) is 0 Å². The molecule has 2 fully saturated rings. The van der Waals surface area contributed by atoms with Crippen molar-refractivity contribution in [3.63, 3.8) is 0 Å². The fourth-order valence-corrected chi connectivity index (χ4v) is 2.45. The second-order valence-corrected chi connectivity index (χ2v) is 3.88. The number of hydrogen-bond donors (Lipinski definition) is 4. The van der Waals surface area contributed by atoms with Crippen molar-refractivity contribution in [1.82, 2.24) is 4.90 Å². The maximum Gasteiger partial charge on any atom is 0.0991 e. The molecular formula is C8H15NO4. The van der Waals surface area contributed by atoms with Crippen LogP contribution in [0.2, 0.25) is 0 Å². The molecule has 2 saturated heterocycles. The number of hydrogen-bond acceptors (Lipinski definition) is 5. The molecule has 4 N–H and O–H groups in total. The predicted octanol–water partition coefficient (Wildman–Crippen LogP) is -2.48. The molecule has 0 aromatic rings. The first-order valence-corrected chi connectivity index (χ1v) is 4.56. The van der Waals surface area contributed by atoms with Crippen molar-refractivity contribution in [3.8, 4) is 0 Å². The largest absolute Gasteiger partial charge is 0.395 e. The standard InChI is InChI=1S/C8H15NO4/c10-3-6-8(13)7(12)5-1-4(11)2-9(5)6/h4-8,10-13H,1-3H2. The minimum absolute atomic E-state index is 0.179. The molecule has 0 aliphatic carbocycles. The van der Waals surface area contributed by atoms with E-state index in [9.17, 15) is 15.3 Å². The van der Waals surface area contributed by atoms with Gasteiger partial charge in [0.2, 0.25) is 0 Å². The number of aliphatic hydroxyl groups is 4. The first-order chi connectivity index (χ1) is 6.15. The Morgan fingerprint density at radius 3 is 2.46 bits per heavy atom. The highest BCUT2D eigenvalue weighted by Crippen LogP contribution is 2.32. The number of aliphatic hydroxyl groups excluding tert-OH is 4. The number of fused-ring (bicyclic) bond motifs is 1. The summed E-state index contributed by atoms with van der Waals surface area (Å²) in [5.74, 6) is 0. The molecule has 0 saturated carbocycles. The van der Waals surface area contributed by atoms with Crippen LogP contribution in [0.15, 0.2) is 0 Å². The second kappa shape index (κ2) is 3.18. The van der Waals surface area contributed by atoms with Gasteiger partial charge in [0.1, 0.15) is 0 Å². The van der Waals surface area contributed by atoms with Crippen LogP contribution >= 0.6 is 0 Å². The van der Waals surface area contributed by atoms with Crippen LogP contribution in [0.3, 0.4) is 0 Å². The monoisotopic (exact) mass is 189 g/mol. The van der Waals surface area contributed by atoms with Crippen molar-refractivity contribution in [2.75, 3.05) is 13.2 Å². The van der Waals surface area contributed by atoms with Crippen molar-refractivity contribution < 1.29 is 20.4 Å². The molecule has 2 heterocycles. The lowest BCUT2D eigenvalue weighted by Gasteiger charge is -2.22. The van der Waals surface area contributed by atoms with Crippen molar-refractivity contribution in [2.45, 2.75) is 36.8 Å². The van der Waals surface area contributed by atoms with Crippen LogP contribution in [0.5, 0.6) is 0 Å². The van der Waals surface area contributed by atoms with Gasteiger partial charge in [0.15, 0.2) is 0 Å². The molecule has 0 spiro atoms. The van der Waals surface area contributed by atoms with Crippen molar-refractivity contribution in [3.05, 3.63) is 0 Å². The summed E-state index contributed by atoms with van der Waals surface area (Å²) < 4.78 is 0. The molecule has 0 aromatic carbocycles. The second-order valence-electron chi connectivity index (χ2n) is 3.88. The SMILES string of the molecule is OCC1C(O)C(O)C2CC(O)CN12. The summed E-state index contributed by atoms with van der Waals surface area (Å²) in [5, 5.41) is 37.4. The summed E-state index contributed by atoms with van der Waals surface area (Å²) in [6, 6.07) is -0.612. The van der Waals surface area contributed by atoms with Crippen LogP contribution < -0.4 is 0 Å². The lowest BCUT2D eigenvalue weighted by Crippen LogP contribution is -2.40. The molecule has 13 heavy (non-hydrogen) atoms. The van der Waals surface area contributed by atoms with E-state index in [-0.39, 0.29) is 12.6 Å². The highest BCUT2D eigenvalue weighted by molar-refractivity contribution is 5.05. The molecule has 0 radical (unpaired) electrons. The molecule has 0 amide bonds. The highest BCUT2D eigenvalue weighted by Gasteiger charge is 2.51. The van der Waals surface area contributed by atoms with Gasteiger partial charge in [-0.15, -0.1) is 0 Å². The Bertz CT molecular complexity index is 199. The van der Waals surface area contributed by atoms with Crippen molar-refractivity contribution in [2.24, 2.45) is 0 Å². The molecule has 5 heteroatoms. The average Bonchev–Trinajstić information content (AvgIpc) is 2.54. The molecule has 2 aliphatic heterocycles. The zero-order valence-electron chi connectivity index (χ0n) is 7.24. The highest BCUT2D eigenvalue weighted by atomic mass is 16.3.